The van der Waals surface area contributed by atoms with Crippen LogP contribution in [0.4, 0.5) is 0 Å². The van der Waals surface area contributed by atoms with E-state index in [4.69, 9.17) is 5.73 Å². The van der Waals surface area contributed by atoms with Gasteiger partial charge in [-0.2, -0.15) is 0 Å². The standard InChI is InChI=1S/C10H23N3O3S/c1-4-6-10(2,11)9(14)12-7-5-8-13-17(3,15)16/h13H,4-8,11H2,1-3H3,(H,12,14). The maximum atomic E-state index is 11.6. The number of hydrogen-bond donors (Lipinski definition) is 3. The summed E-state index contributed by atoms with van der Waals surface area (Å²) >= 11 is 0. The van der Waals surface area contributed by atoms with E-state index < -0.39 is 15.6 Å². The maximum Gasteiger partial charge on any atom is 0.239 e. The highest BCUT2D eigenvalue weighted by Crippen LogP contribution is 2.07. The molecular weight excluding hydrogens is 242 g/mol. The van der Waals surface area contributed by atoms with Crippen molar-refractivity contribution in [1.82, 2.24) is 10.0 Å². The van der Waals surface area contributed by atoms with Crippen molar-refractivity contribution in [1.29, 1.82) is 0 Å². The van der Waals surface area contributed by atoms with Gasteiger partial charge in [-0.3, -0.25) is 4.79 Å². The monoisotopic (exact) mass is 265 g/mol. The molecule has 0 aliphatic rings. The molecule has 0 rings (SSSR count). The van der Waals surface area contributed by atoms with E-state index in [9.17, 15) is 13.2 Å². The van der Waals surface area contributed by atoms with E-state index >= 15 is 0 Å². The Morgan fingerprint density at radius 2 is 1.94 bits per heavy atom. The van der Waals surface area contributed by atoms with Crippen LogP contribution >= 0.6 is 0 Å². The molecule has 1 atom stereocenters. The Balaban J connectivity index is 3.79. The average molecular weight is 265 g/mol. The number of carbonyl (C=O) groups excluding carboxylic acids is 1. The Morgan fingerprint density at radius 3 is 2.41 bits per heavy atom. The minimum atomic E-state index is -3.15. The molecule has 0 aromatic carbocycles. The van der Waals surface area contributed by atoms with Crippen LogP contribution in [-0.4, -0.2) is 39.2 Å². The predicted octanol–water partition coefficient (Wildman–Crippen LogP) is -0.441. The first-order chi connectivity index (χ1) is 7.69. The van der Waals surface area contributed by atoms with Gasteiger partial charge < -0.3 is 11.1 Å². The molecule has 102 valence electrons. The van der Waals surface area contributed by atoms with Crippen molar-refractivity contribution in [3.63, 3.8) is 0 Å². The van der Waals surface area contributed by atoms with Crippen molar-refractivity contribution in [2.24, 2.45) is 5.73 Å². The van der Waals surface area contributed by atoms with E-state index in [0.29, 0.717) is 25.9 Å². The molecule has 0 spiro atoms. The smallest absolute Gasteiger partial charge is 0.239 e. The number of sulfonamides is 1. The second-order valence-corrected chi connectivity index (χ2v) is 6.28. The summed E-state index contributed by atoms with van der Waals surface area (Å²) in [6.07, 6.45) is 3.11. The summed E-state index contributed by atoms with van der Waals surface area (Å²) < 4.78 is 23.9. The lowest BCUT2D eigenvalue weighted by Gasteiger charge is -2.22. The molecule has 0 aromatic heterocycles. The van der Waals surface area contributed by atoms with Crippen LogP contribution in [0.2, 0.25) is 0 Å². The summed E-state index contributed by atoms with van der Waals surface area (Å²) in [5.74, 6) is -0.196. The summed E-state index contributed by atoms with van der Waals surface area (Å²) in [7, 11) is -3.15. The third-order valence-corrected chi connectivity index (χ3v) is 3.02. The maximum absolute atomic E-state index is 11.6. The second kappa shape index (κ2) is 6.93. The molecule has 1 amide bonds. The molecule has 6 nitrogen and oxygen atoms in total. The van der Waals surface area contributed by atoms with E-state index in [1.165, 1.54) is 0 Å². The summed E-state index contributed by atoms with van der Waals surface area (Å²) in [5, 5.41) is 2.70. The third-order valence-electron chi connectivity index (χ3n) is 2.29. The quantitative estimate of drug-likeness (QED) is 0.518. The normalized spacial score (nSPS) is 15.3. The van der Waals surface area contributed by atoms with E-state index in [2.05, 4.69) is 10.0 Å². The van der Waals surface area contributed by atoms with E-state index in [1.807, 2.05) is 6.92 Å². The fraction of sp³-hybridized carbons (Fsp3) is 0.900. The van der Waals surface area contributed by atoms with Crippen LogP contribution in [0.15, 0.2) is 0 Å². The second-order valence-electron chi connectivity index (χ2n) is 4.44. The zero-order valence-electron chi connectivity index (χ0n) is 10.7. The minimum absolute atomic E-state index is 0.196. The number of amides is 1. The van der Waals surface area contributed by atoms with Crippen molar-refractivity contribution in [3.8, 4) is 0 Å². The van der Waals surface area contributed by atoms with E-state index in [0.717, 1.165) is 12.7 Å². The number of rotatable bonds is 8. The first-order valence-electron chi connectivity index (χ1n) is 5.71. The van der Waals surface area contributed by atoms with Crippen LogP contribution in [0, 0.1) is 0 Å². The van der Waals surface area contributed by atoms with Gasteiger partial charge in [-0.15, -0.1) is 0 Å². The van der Waals surface area contributed by atoms with E-state index in [-0.39, 0.29) is 5.91 Å². The van der Waals surface area contributed by atoms with Gasteiger partial charge in [0.15, 0.2) is 0 Å². The van der Waals surface area contributed by atoms with Crippen LogP contribution < -0.4 is 15.8 Å². The number of nitrogens with two attached hydrogens (primary N) is 1. The predicted molar refractivity (Wildman–Crippen MR) is 68.0 cm³/mol. The van der Waals surface area contributed by atoms with Crippen LogP contribution in [0.5, 0.6) is 0 Å². The topological polar surface area (TPSA) is 101 Å². The molecule has 0 fully saturated rings. The summed E-state index contributed by atoms with van der Waals surface area (Å²) in [6.45, 7) is 4.39. The van der Waals surface area contributed by atoms with Gasteiger partial charge in [-0.05, 0) is 19.8 Å². The molecule has 0 saturated carbocycles. The molecule has 0 bridgehead atoms. The van der Waals surface area contributed by atoms with Crippen LogP contribution in [0.3, 0.4) is 0 Å². The zero-order valence-corrected chi connectivity index (χ0v) is 11.6. The molecule has 0 aliphatic heterocycles. The van der Waals surface area contributed by atoms with Crippen LogP contribution in [0.1, 0.15) is 33.1 Å². The molecule has 0 radical (unpaired) electrons. The molecule has 0 aromatic rings. The van der Waals surface area contributed by atoms with Gasteiger partial charge in [0.25, 0.3) is 0 Å². The fourth-order valence-corrected chi connectivity index (χ4v) is 1.90. The fourth-order valence-electron chi connectivity index (χ4n) is 1.38. The molecule has 4 N–H and O–H groups in total. The Hall–Kier alpha value is -0.660. The van der Waals surface area contributed by atoms with Gasteiger partial charge in [-0.25, -0.2) is 13.1 Å². The van der Waals surface area contributed by atoms with Crippen molar-refractivity contribution in [2.75, 3.05) is 19.3 Å². The minimum Gasteiger partial charge on any atom is -0.354 e. The van der Waals surface area contributed by atoms with Gasteiger partial charge in [0.1, 0.15) is 0 Å². The Bertz CT molecular complexity index is 339. The lowest BCUT2D eigenvalue weighted by Crippen LogP contribution is -2.51. The van der Waals surface area contributed by atoms with Gasteiger partial charge in [-0.1, -0.05) is 13.3 Å². The molecule has 17 heavy (non-hydrogen) atoms. The Morgan fingerprint density at radius 1 is 1.35 bits per heavy atom. The van der Waals surface area contributed by atoms with Crippen molar-refractivity contribution < 1.29 is 13.2 Å². The first-order valence-corrected chi connectivity index (χ1v) is 7.60. The molecule has 7 heteroatoms. The number of hydrogen-bond acceptors (Lipinski definition) is 4. The lowest BCUT2D eigenvalue weighted by atomic mass is 9.96. The molecular formula is C10H23N3O3S. The van der Waals surface area contributed by atoms with Gasteiger partial charge in [0.2, 0.25) is 15.9 Å². The highest BCUT2D eigenvalue weighted by Gasteiger charge is 2.26. The van der Waals surface area contributed by atoms with Gasteiger partial charge in [0.05, 0.1) is 11.8 Å². The molecule has 0 saturated heterocycles. The lowest BCUT2D eigenvalue weighted by molar-refractivity contribution is -0.126. The highest BCUT2D eigenvalue weighted by atomic mass is 32.2. The Kier molecular flexibility index (Phi) is 6.66. The first kappa shape index (κ1) is 16.3. The van der Waals surface area contributed by atoms with Crippen molar-refractivity contribution in [2.45, 2.75) is 38.6 Å². The largest absolute Gasteiger partial charge is 0.354 e. The third kappa shape index (κ3) is 8.12. The van der Waals surface area contributed by atoms with Gasteiger partial charge in [0, 0.05) is 13.1 Å². The molecule has 0 heterocycles. The number of nitrogens with one attached hydrogen (secondary N) is 2. The summed E-state index contributed by atoms with van der Waals surface area (Å²) in [6, 6.07) is 0. The summed E-state index contributed by atoms with van der Waals surface area (Å²) in [5.41, 5.74) is 4.98. The van der Waals surface area contributed by atoms with Crippen LogP contribution in [0.25, 0.3) is 0 Å². The molecule has 0 aliphatic carbocycles. The number of carbonyl (C=O) groups is 1. The van der Waals surface area contributed by atoms with E-state index in [1.54, 1.807) is 6.92 Å². The summed E-state index contributed by atoms with van der Waals surface area (Å²) in [4.78, 5) is 11.6. The SMILES string of the molecule is CCCC(C)(N)C(=O)NCCCNS(C)(=O)=O. The van der Waals surface area contributed by atoms with Crippen molar-refractivity contribution >= 4 is 15.9 Å². The highest BCUT2D eigenvalue weighted by molar-refractivity contribution is 7.88. The van der Waals surface area contributed by atoms with Crippen molar-refractivity contribution in [3.05, 3.63) is 0 Å². The van der Waals surface area contributed by atoms with Crippen LogP contribution in [-0.2, 0) is 14.8 Å². The molecule has 1 unspecified atom stereocenters. The zero-order chi connectivity index (χ0) is 13.5. The average Bonchev–Trinajstić information content (AvgIpc) is 2.15. The van der Waals surface area contributed by atoms with Gasteiger partial charge >= 0.3 is 0 Å². The Labute approximate surface area is 103 Å².